The lowest BCUT2D eigenvalue weighted by Gasteiger charge is -2.17. The molecule has 0 radical (unpaired) electrons. The molecule has 1 aromatic heterocycles. The summed E-state index contributed by atoms with van der Waals surface area (Å²) >= 11 is 18.1. The smallest absolute Gasteiger partial charge is 0.158 e. The van der Waals surface area contributed by atoms with E-state index in [-0.39, 0.29) is 6.04 Å². The second-order valence-electron chi connectivity index (χ2n) is 4.46. The normalized spacial score (nSPS) is 12.2. The van der Waals surface area contributed by atoms with Crippen LogP contribution in [0.3, 0.4) is 0 Å². The lowest BCUT2D eigenvalue weighted by Crippen LogP contribution is -2.10. The molecule has 1 heterocycles. The van der Waals surface area contributed by atoms with Gasteiger partial charge in [0.1, 0.15) is 17.6 Å². The first kappa shape index (κ1) is 16.3. The summed E-state index contributed by atoms with van der Waals surface area (Å²) in [7, 11) is 1.58. The average molecular weight is 347 g/mol. The predicted octanol–water partition coefficient (Wildman–Crippen LogP) is 4.76. The minimum atomic E-state index is -0.0591. The molecule has 0 aliphatic heterocycles. The maximum atomic E-state index is 6.20. The van der Waals surface area contributed by atoms with Crippen LogP contribution in [0.1, 0.15) is 24.4 Å². The lowest BCUT2D eigenvalue weighted by molar-refractivity contribution is 0.178. The van der Waals surface area contributed by atoms with Gasteiger partial charge in [0.2, 0.25) is 0 Å². The van der Waals surface area contributed by atoms with Gasteiger partial charge in [0.25, 0.3) is 0 Å². The maximum absolute atomic E-state index is 6.20. The van der Waals surface area contributed by atoms with Crippen molar-refractivity contribution in [3.8, 4) is 0 Å². The molecule has 7 heteroatoms. The van der Waals surface area contributed by atoms with Crippen molar-refractivity contribution in [2.24, 2.45) is 0 Å². The first-order valence-electron chi connectivity index (χ1n) is 6.23. The number of anilines is 1. The van der Waals surface area contributed by atoms with E-state index in [1.165, 1.54) is 0 Å². The van der Waals surface area contributed by atoms with Gasteiger partial charge in [-0.1, -0.05) is 40.9 Å². The van der Waals surface area contributed by atoms with E-state index < -0.39 is 0 Å². The summed E-state index contributed by atoms with van der Waals surface area (Å²) in [6, 6.07) is 6.98. The van der Waals surface area contributed by atoms with Crippen molar-refractivity contribution in [2.75, 3.05) is 12.4 Å². The number of benzene rings is 1. The number of aromatic nitrogens is 2. The molecule has 112 valence electrons. The first-order chi connectivity index (χ1) is 9.99. The van der Waals surface area contributed by atoms with Crippen LogP contribution in [-0.2, 0) is 11.3 Å². The molecule has 0 amide bonds. The highest BCUT2D eigenvalue weighted by Gasteiger charge is 2.12. The van der Waals surface area contributed by atoms with Crippen LogP contribution in [0.25, 0.3) is 0 Å². The summed E-state index contributed by atoms with van der Waals surface area (Å²) < 4.78 is 5.01. The third-order valence-corrected chi connectivity index (χ3v) is 3.56. The predicted molar refractivity (Wildman–Crippen MR) is 86.3 cm³/mol. The van der Waals surface area contributed by atoms with Crippen molar-refractivity contribution < 1.29 is 4.74 Å². The molecule has 1 aromatic carbocycles. The van der Waals surface area contributed by atoms with Crippen LogP contribution in [0.2, 0.25) is 15.2 Å². The Morgan fingerprint density at radius 2 is 1.95 bits per heavy atom. The van der Waals surface area contributed by atoms with Crippen LogP contribution in [0, 0.1) is 0 Å². The Labute approximate surface area is 138 Å². The number of nitrogens with zero attached hydrogens (tertiary/aromatic N) is 2. The second-order valence-corrected chi connectivity index (χ2v) is 5.69. The van der Waals surface area contributed by atoms with Gasteiger partial charge in [-0.3, -0.25) is 0 Å². The van der Waals surface area contributed by atoms with Crippen molar-refractivity contribution in [2.45, 2.75) is 19.6 Å². The van der Waals surface area contributed by atoms with Gasteiger partial charge >= 0.3 is 0 Å². The zero-order chi connectivity index (χ0) is 15.4. The largest absolute Gasteiger partial charge is 0.377 e. The van der Waals surface area contributed by atoms with Gasteiger partial charge in [-0.2, -0.15) is 0 Å². The quantitative estimate of drug-likeness (QED) is 0.793. The standard InChI is InChI=1S/C14H14Cl3N3O/c1-8(10-4-3-9(15)5-11(10)16)18-13-6-12(17)19-14(20-13)7-21-2/h3-6,8H,7H2,1-2H3,(H,18,19,20). The van der Waals surface area contributed by atoms with E-state index in [0.717, 1.165) is 5.56 Å². The van der Waals surface area contributed by atoms with E-state index in [4.69, 9.17) is 39.5 Å². The highest BCUT2D eigenvalue weighted by molar-refractivity contribution is 6.35. The molecule has 4 nitrogen and oxygen atoms in total. The van der Waals surface area contributed by atoms with Gasteiger partial charge < -0.3 is 10.1 Å². The molecule has 2 rings (SSSR count). The third-order valence-electron chi connectivity index (χ3n) is 2.81. The van der Waals surface area contributed by atoms with Crippen LogP contribution in [0.15, 0.2) is 24.3 Å². The SMILES string of the molecule is COCc1nc(Cl)cc(NC(C)c2ccc(Cl)cc2Cl)n1. The molecule has 1 N–H and O–H groups in total. The van der Waals surface area contributed by atoms with Crippen molar-refractivity contribution in [3.63, 3.8) is 0 Å². The molecule has 0 aliphatic rings. The molecular formula is C14H14Cl3N3O. The fourth-order valence-electron chi connectivity index (χ4n) is 1.88. The zero-order valence-electron chi connectivity index (χ0n) is 11.5. The highest BCUT2D eigenvalue weighted by atomic mass is 35.5. The van der Waals surface area contributed by atoms with E-state index in [1.807, 2.05) is 13.0 Å². The van der Waals surface area contributed by atoms with E-state index in [9.17, 15) is 0 Å². The Morgan fingerprint density at radius 1 is 1.19 bits per heavy atom. The van der Waals surface area contributed by atoms with Gasteiger partial charge in [0.15, 0.2) is 5.82 Å². The van der Waals surface area contributed by atoms with Crippen LogP contribution >= 0.6 is 34.8 Å². The third kappa shape index (κ3) is 4.45. The van der Waals surface area contributed by atoms with Crippen molar-refractivity contribution in [1.82, 2.24) is 9.97 Å². The molecule has 1 unspecified atom stereocenters. The number of halogens is 3. The molecule has 0 saturated heterocycles. The van der Waals surface area contributed by atoms with E-state index in [0.29, 0.717) is 33.4 Å². The summed E-state index contributed by atoms with van der Waals surface area (Å²) in [5, 5.41) is 4.79. The molecular weight excluding hydrogens is 333 g/mol. The van der Waals surface area contributed by atoms with E-state index in [1.54, 1.807) is 25.3 Å². The Kier molecular flexibility index (Phi) is 5.65. The topological polar surface area (TPSA) is 47.0 Å². The second kappa shape index (κ2) is 7.27. The number of nitrogens with one attached hydrogen (secondary N) is 1. The summed E-state index contributed by atoms with van der Waals surface area (Å²) in [4.78, 5) is 8.41. The van der Waals surface area contributed by atoms with Crippen LogP contribution in [-0.4, -0.2) is 17.1 Å². The van der Waals surface area contributed by atoms with Gasteiger partial charge in [-0.05, 0) is 24.6 Å². The molecule has 0 aliphatic carbocycles. The van der Waals surface area contributed by atoms with E-state index in [2.05, 4.69) is 15.3 Å². The number of hydrogen-bond donors (Lipinski definition) is 1. The van der Waals surface area contributed by atoms with Gasteiger partial charge in [0, 0.05) is 23.2 Å². The Balaban J connectivity index is 2.20. The van der Waals surface area contributed by atoms with Crippen molar-refractivity contribution in [3.05, 3.63) is 50.9 Å². The fourth-order valence-corrected chi connectivity index (χ4v) is 2.66. The Morgan fingerprint density at radius 3 is 2.62 bits per heavy atom. The number of hydrogen-bond acceptors (Lipinski definition) is 4. The van der Waals surface area contributed by atoms with Crippen LogP contribution in [0.5, 0.6) is 0 Å². The van der Waals surface area contributed by atoms with Crippen LogP contribution < -0.4 is 5.32 Å². The highest BCUT2D eigenvalue weighted by Crippen LogP contribution is 2.28. The molecule has 21 heavy (non-hydrogen) atoms. The first-order valence-corrected chi connectivity index (χ1v) is 7.37. The number of ether oxygens (including phenoxy) is 1. The molecule has 0 spiro atoms. The molecule has 0 bridgehead atoms. The monoisotopic (exact) mass is 345 g/mol. The summed E-state index contributed by atoms with van der Waals surface area (Å²) in [6.07, 6.45) is 0. The van der Waals surface area contributed by atoms with E-state index >= 15 is 0 Å². The zero-order valence-corrected chi connectivity index (χ0v) is 13.8. The van der Waals surface area contributed by atoms with Crippen molar-refractivity contribution in [1.29, 1.82) is 0 Å². The Bertz CT molecular complexity index is 637. The van der Waals surface area contributed by atoms with Crippen molar-refractivity contribution >= 4 is 40.6 Å². The molecule has 1 atom stereocenters. The molecule has 2 aromatic rings. The van der Waals surface area contributed by atoms with Gasteiger partial charge in [-0.15, -0.1) is 0 Å². The lowest BCUT2D eigenvalue weighted by atomic mass is 10.1. The maximum Gasteiger partial charge on any atom is 0.158 e. The minimum absolute atomic E-state index is 0.0591. The van der Waals surface area contributed by atoms with Crippen LogP contribution in [0.4, 0.5) is 5.82 Å². The summed E-state index contributed by atoms with van der Waals surface area (Å²) in [5.74, 6) is 1.13. The minimum Gasteiger partial charge on any atom is -0.377 e. The Hall–Kier alpha value is -1.07. The summed E-state index contributed by atoms with van der Waals surface area (Å²) in [5.41, 5.74) is 0.920. The fraction of sp³-hybridized carbons (Fsp3) is 0.286. The number of methoxy groups -OCH3 is 1. The summed E-state index contributed by atoms with van der Waals surface area (Å²) in [6.45, 7) is 2.27. The molecule has 0 saturated carbocycles. The van der Waals surface area contributed by atoms with Gasteiger partial charge in [0.05, 0.1) is 6.04 Å². The average Bonchev–Trinajstić information content (AvgIpc) is 2.37. The van der Waals surface area contributed by atoms with Gasteiger partial charge in [-0.25, -0.2) is 9.97 Å². The number of rotatable bonds is 5. The molecule has 0 fully saturated rings.